The molecule has 5 heteroatoms. The van der Waals surface area contributed by atoms with Crippen LogP contribution in [-0.2, 0) is 0 Å². The Morgan fingerprint density at radius 3 is 2.63 bits per heavy atom. The van der Waals surface area contributed by atoms with Crippen LogP contribution in [0.25, 0.3) is 0 Å². The molecule has 0 atom stereocenters. The molecular formula is C14H21ClN2OS. The summed E-state index contributed by atoms with van der Waals surface area (Å²) < 4.78 is 0.672. The second kappa shape index (κ2) is 6.73. The standard InChI is InChI=1S/C14H21ClN2OS/c1-2-9-17(11-5-3-10(16)4-6-11)14(18)12-7-8-13(15)19-12/h7-8,10-11H,2-6,9,16H2,1H3. The molecule has 0 bridgehead atoms. The summed E-state index contributed by atoms with van der Waals surface area (Å²) in [6.07, 6.45) is 5.05. The summed E-state index contributed by atoms with van der Waals surface area (Å²) in [5.74, 6) is 0.124. The first-order valence-corrected chi connectivity index (χ1v) is 8.13. The monoisotopic (exact) mass is 300 g/mol. The Morgan fingerprint density at radius 1 is 1.42 bits per heavy atom. The predicted molar refractivity (Wildman–Crippen MR) is 80.9 cm³/mol. The van der Waals surface area contributed by atoms with Gasteiger partial charge in [0.25, 0.3) is 5.91 Å². The van der Waals surface area contributed by atoms with Crippen molar-refractivity contribution in [3.63, 3.8) is 0 Å². The average Bonchev–Trinajstić information content (AvgIpc) is 2.83. The quantitative estimate of drug-likeness (QED) is 0.924. The number of hydrogen-bond acceptors (Lipinski definition) is 3. The molecule has 19 heavy (non-hydrogen) atoms. The summed E-state index contributed by atoms with van der Waals surface area (Å²) in [6.45, 7) is 2.92. The van der Waals surface area contributed by atoms with Gasteiger partial charge in [0.2, 0.25) is 0 Å². The van der Waals surface area contributed by atoms with Gasteiger partial charge in [-0.05, 0) is 44.2 Å². The molecule has 1 fully saturated rings. The molecule has 106 valence electrons. The van der Waals surface area contributed by atoms with Crippen molar-refractivity contribution in [3.8, 4) is 0 Å². The summed E-state index contributed by atoms with van der Waals surface area (Å²) in [6, 6.07) is 4.27. The summed E-state index contributed by atoms with van der Waals surface area (Å²) in [4.78, 5) is 15.3. The molecule has 0 spiro atoms. The zero-order valence-electron chi connectivity index (χ0n) is 11.3. The molecule has 0 saturated heterocycles. The van der Waals surface area contributed by atoms with Gasteiger partial charge in [-0.2, -0.15) is 0 Å². The SMILES string of the molecule is CCCN(C(=O)c1ccc(Cl)s1)C1CCC(N)CC1. The minimum atomic E-state index is 0.124. The Balaban J connectivity index is 2.08. The van der Waals surface area contributed by atoms with E-state index in [0.29, 0.717) is 16.4 Å². The summed E-state index contributed by atoms with van der Waals surface area (Å²) in [7, 11) is 0. The van der Waals surface area contributed by atoms with Crippen LogP contribution in [0, 0.1) is 0 Å². The molecule has 1 heterocycles. The maximum absolute atomic E-state index is 12.6. The average molecular weight is 301 g/mol. The number of nitrogens with zero attached hydrogens (tertiary/aromatic N) is 1. The van der Waals surface area contributed by atoms with Crippen LogP contribution in [0.4, 0.5) is 0 Å². The molecule has 1 aromatic rings. The fourth-order valence-electron chi connectivity index (χ4n) is 2.67. The Morgan fingerprint density at radius 2 is 2.11 bits per heavy atom. The maximum Gasteiger partial charge on any atom is 0.264 e. The molecule has 1 aliphatic rings. The van der Waals surface area contributed by atoms with E-state index in [4.69, 9.17) is 17.3 Å². The number of carbonyl (C=O) groups excluding carboxylic acids is 1. The van der Waals surface area contributed by atoms with E-state index in [0.717, 1.165) is 43.5 Å². The van der Waals surface area contributed by atoms with Crippen molar-refractivity contribution < 1.29 is 4.79 Å². The minimum Gasteiger partial charge on any atom is -0.335 e. The fraction of sp³-hybridized carbons (Fsp3) is 0.643. The lowest BCUT2D eigenvalue weighted by molar-refractivity contribution is 0.0632. The molecular weight excluding hydrogens is 280 g/mol. The van der Waals surface area contributed by atoms with E-state index in [9.17, 15) is 4.79 Å². The molecule has 2 rings (SSSR count). The topological polar surface area (TPSA) is 46.3 Å². The van der Waals surface area contributed by atoms with Crippen LogP contribution >= 0.6 is 22.9 Å². The largest absolute Gasteiger partial charge is 0.335 e. The fourth-order valence-corrected chi connectivity index (χ4v) is 3.67. The van der Waals surface area contributed by atoms with Gasteiger partial charge in [0.15, 0.2) is 0 Å². The summed E-state index contributed by atoms with van der Waals surface area (Å²) in [5, 5.41) is 0. The number of carbonyl (C=O) groups is 1. The van der Waals surface area contributed by atoms with E-state index in [1.807, 2.05) is 11.0 Å². The molecule has 0 aromatic carbocycles. The van der Waals surface area contributed by atoms with Gasteiger partial charge >= 0.3 is 0 Å². The first-order chi connectivity index (χ1) is 9.11. The van der Waals surface area contributed by atoms with Gasteiger partial charge in [0, 0.05) is 18.6 Å². The summed E-state index contributed by atoms with van der Waals surface area (Å²) >= 11 is 7.29. The third-order valence-corrected chi connectivity index (χ3v) is 4.91. The highest BCUT2D eigenvalue weighted by atomic mass is 35.5. The molecule has 0 unspecified atom stereocenters. The van der Waals surface area contributed by atoms with E-state index in [2.05, 4.69) is 6.92 Å². The number of rotatable bonds is 4. The third kappa shape index (κ3) is 3.71. The first-order valence-electron chi connectivity index (χ1n) is 6.93. The van der Waals surface area contributed by atoms with E-state index < -0.39 is 0 Å². The number of thiophene rings is 1. The highest BCUT2D eigenvalue weighted by Crippen LogP contribution is 2.27. The van der Waals surface area contributed by atoms with E-state index >= 15 is 0 Å². The second-order valence-electron chi connectivity index (χ2n) is 5.17. The Bertz CT molecular complexity index is 427. The lowest BCUT2D eigenvalue weighted by Crippen LogP contribution is -2.44. The van der Waals surface area contributed by atoms with Crippen molar-refractivity contribution >= 4 is 28.8 Å². The number of halogens is 1. The van der Waals surface area contributed by atoms with Crippen LogP contribution in [0.1, 0.15) is 48.7 Å². The van der Waals surface area contributed by atoms with E-state index in [1.165, 1.54) is 11.3 Å². The maximum atomic E-state index is 12.6. The highest BCUT2D eigenvalue weighted by molar-refractivity contribution is 7.17. The van der Waals surface area contributed by atoms with Crippen molar-refractivity contribution in [3.05, 3.63) is 21.3 Å². The van der Waals surface area contributed by atoms with Crippen LogP contribution < -0.4 is 5.73 Å². The van der Waals surface area contributed by atoms with E-state index in [-0.39, 0.29) is 5.91 Å². The van der Waals surface area contributed by atoms with Crippen molar-refractivity contribution in [1.82, 2.24) is 4.90 Å². The number of nitrogens with two attached hydrogens (primary N) is 1. The zero-order chi connectivity index (χ0) is 13.8. The normalized spacial score (nSPS) is 23.3. The van der Waals surface area contributed by atoms with Crippen molar-refractivity contribution in [2.45, 2.75) is 51.1 Å². The molecule has 1 amide bonds. The Hall–Kier alpha value is -0.580. The smallest absolute Gasteiger partial charge is 0.264 e. The molecule has 3 nitrogen and oxygen atoms in total. The van der Waals surface area contributed by atoms with Gasteiger partial charge < -0.3 is 10.6 Å². The molecule has 1 aromatic heterocycles. The Labute approximate surface area is 123 Å². The lowest BCUT2D eigenvalue weighted by atomic mass is 9.90. The molecule has 1 saturated carbocycles. The predicted octanol–water partition coefficient (Wildman–Crippen LogP) is 3.52. The number of amides is 1. The minimum absolute atomic E-state index is 0.124. The third-order valence-electron chi connectivity index (χ3n) is 3.69. The van der Waals surface area contributed by atoms with Gasteiger partial charge in [-0.1, -0.05) is 18.5 Å². The van der Waals surface area contributed by atoms with Crippen LogP contribution in [0.15, 0.2) is 12.1 Å². The van der Waals surface area contributed by atoms with Gasteiger partial charge in [-0.25, -0.2) is 0 Å². The Kier molecular flexibility index (Phi) is 5.25. The van der Waals surface area contributed by atoms with Gasteiger partial charge in [0.1, 0.15) is 0 Å². The highest BCUT2D eigenvalue weighted by Gasteiger charge is 2.28. The molecule has 0 aliphatic heterocycles. The first kappa shape index (κ1) is 14.8. The van der Waals surface area contributed by atoms with Crippen molar-refractivity contribution in [2.24, 2.45) is 5.73 Å². The summed E-state index contributed by atoms with van der Waals surface area (Å²) in [5.41, 5.74) is 5.94. The second-order valence-corrected chi connectivity index (χ2v) is 6.89. The molecule has 1 aliphatic carbocycles. The van der Waals surface area contributed by atoms with Crippen molar-refractivity contribution in [2.75, 3.05) is 6.54 Å². The van der Waals surface area contributed by atoms with Gasteiger partial charge in [0.05, 0.1) is 9.21 Å². The number of hydrogen-bond donors (Lipinski definition) is 1. The van der Waals surface area contributed by atoms with Gasteiger partial charge in [-0.15, -0.1) is 11.3 Å². The van der Waals surface area contributed by atoms with E-state index in [1.54, 1.807) is 6.07 Å². The van der Waals surface area contributed by atoms with Crippen molar-refractivity contribution in [1.29, 1.82) is 0 Å². The lowest BCUT2D eigenvalue weighted by Gasteiger charge is -2.35. The van der Waals surface area contributed by atoms with Crippen LogP contribution in [0.5, 0.6) is 0 Å². The molecule has 0 radical (unpaired) electrons. The van der Waals surface area contributed by atoms with Crippen LogP contribution in [-0.4, -0.2) is 29.4 Å². The van der Waals surface area contributed by atoms with Gasteiger partial charge in [-0.3, -0.25) is 4.79 Å². The van der Waals surface area contributed by atoms with Crippen LogP contribution in [0.2, 0.25) is 4.34 Å². The van der Waals surface area contributed by atoms with Crippen LogP contribution in [0.3, 0.4) is 0 Å². The zero-order valence-corrected chi connectivity index (χ0v) is 12.8. The molecule has 2 N–H and O–H groups in total.